The van der Waals surface area contributed by atoms with Crippen LogP contribution in [-0.4, -0.2) is 28.3 Å². The zero-order valence-electron chi connectivity index (χ0n) is 6.02. The average Bonchev–Trinajstić information content (AvgIpc) is 2.43. The molecule has 0 aromatic heterocycles. The highest BCUT2D eigenvalue weighted by Gasteiger charge is 2.20. The summed E-state index contributed by atoms with van der Waals surface area (Å²) in [4.78, 5) is 0. The van der Waals surface area contributed by atoms with E-state index in [0.29, 0.717) is 0 Å². The minimum absolute atomic E-state index is 0.466. The lowest BCUT2D eigenvalue weighted by atomic mass is 10.3. The summed E-state index contributed by atoms with van der Waals surface area (Å²) < 4.78 is 2.40. The first-order valence-electron chi connectivity index (χ1n) is 3.74. The number of hydrogen-bond donors (Lipinski definition) is 0. The number of rotatable bonds is 3. The van der Waals surface area contributed by atoms with Gasteiger partial charge in [0.2, 0.25) is 0 Å². The standard InChI is InChI=1S/C5H13Cl2NSi2/c6-9-8(10-7)5-3-1-2-4-5/h5H,1-4,9-10H2. The second-order valence-corrected chi connectivity index (χ2v) is 7.20. The molecule has 0 unspecified atom stereocenters. The van der Waals surface area contributed by atoms with Crippen molar-refractivity contribution in [1.82, 2.24) is 4.23 Å². The molecular weight excluding hydrogens is 201 g/mol. The van der Waals surface area contributed by atoms with Gasteiger partial charge in [0.25, 0.3) is 0 Å². The van der Waals surface area contributed by atoms with Crippen LogP contribution < -0.4 is 0 Å². The lowest BCUT2D eigenvalue weighted by Gasteiger charge is -2.23. The first-order valence-corrected chi connectivity index (χ1v) is 9.28. The van der Waals surface area contributed by atoms with Crippen molar-refractivity contribution < 1.29 is 0 Å². The highest BCUT2D eigenvalue weighted by molar-refractivity contribution is 7.02. The largest absolute Gasteiger partial charge is 0.328 e. The van der Waals surface area contributed by atoms with Crippen LogP contribution in [0.15, 0.2) is 0 Å². The molecule has 0 saturated heterocycles. The molecule has 1 nitrogen and oxygen atoms in total. The molecule has 1 aliphatic carbocycles. The first kappa shape index (κ1) is 9.06. The van der Waals surface area contributed by atoms with Gasteiger partial charge >= 0.3 is 0 Å². The predicted octanol–water partition coefficient (Wildman–Crippen LogP) is 0.706. The highest BCUT2D eigenvalue weighted by Crippen LogP contribution is 2.22. The van der Waals surface area contributed by atoms with Gasteiger partial charge < -0.3 is 4.23 Å². The Hall–Kier alpha value is 0.974. The van der Waals surface area contributed by atoms with Gasteiger partial charge in [-0.25, -0.2) is 0 Å². The number of hydrogen-bond acceptors (Lipinski definition) is 1. The van der Waals surface area contributed by atoms with E-state index in [9.17, 15) is 0 Å². The minimum Gasteiger partial charge on any atom is -0.328 e. The minimum atomic E-state index is -0.466. The smallest absolute Gasteiger partial charge is 0.192 e. The van der Waals surface area contributed by atoms with Crippen LogP contribution in [-0.2, 0) is 0 Å². The second-order valence-electron chi connectivity index (χ2n) is 2.77. The van der Waals surface area contributed by atoms with E-state index in [1.807, 2.05) is 0 Å². The first-order chi connectivity index (χ1) is 4.88. The monoisotopic (exact) mass is 213 g/mol. The Kier molecular flexibility index (Phi) is 4.33. The van der Waals surface area contributed by atoms with Crippen molar-refractivity contribution >= 4 is 40.1 Å². The molecule has 0 amide bonds. The van der Waals surface area contributed by atoms with E-state index in [1.165, 1.54) is 25.7 Å². The second kappa shape index (κ2) is 4.77. The molecule has 1 saturated carbocycles. The summed E-state index contributed by atoms with van der Waals surface area (Å²) in [6.45, 7) is 0. The van der Waals surface area contributed by atoms with Gasteiger partial charge in [0, 0.05) is 0 Å². The fraction of sp³-hybridized carbons (Fsp3) is 1.00. The maximum absolute atomic E-state index is 5.86. The summed E-state index contributed by atoms with van der Waals surface area (Å²) in [7, 11) is -0.932. The molecule has 1 aliphatic rings. The maximum Gasteiger partial charge on any atom is 0.192 e. The third-order valence-corrected chi connectivity index (χ3v) is 8.68. The zero-order valence-corrected chi connectivity index (χ0v) is 10.4. The van der Waals surface area contributed by atoms with Crippen molar-refractivity contribution in [3.05, 3.63) is 0 Å². The van der Waals surface area contributed by atoms with Crippen molar-refractivity contribution in [2.45, 2.75) is 31.7 Å². The Labute approximate surface area is 76.3 Å². The average molecular weight is 214 g/mol. The summed E-state index contributed by atoms with van der Waals surface area (Å²) in [5, 5.41) is 0. The Morgan fingerprint density at radius 2 is 1.60 bits per heavy atom. The van der Waals surface area contributed by atoms with Gasteiger partial charge in [0.05, 0.1) is 0 Å². The van der Waals surface area contributed by atoms with Crippen molar-refractivity contribution in [2.24, 2.45) is 0 Å². The maximum atomic E-state index is 5.86. The Morgan fingerprint density at radius 1 is 1.10 bits per heavy atom. The molecule has 0 aromatic rings. The van der Waals surface area contributed by atoms with Crippen LogP contribution in [0.3, 0.4) is 0 Å². The van der Waals surface area contributed by atoms with Crippen LogP contribution >= 0.6 is 22.2 Å². The Morgan fingerprint density at radius 3 is 2.00 bits per heavy atom. The molecule has 60 valence electrons. The molecule has 0 aliphatic heterocycles. The molecule has 0 radical (unpaired) electrons. The van der Waals surface area contributed by atoms with Gasteiger partial charge in [0.1, 0.15) is 0 Å². The van der Waals surface area contributed by atoms with E-state index in [0.717, 1.165) is 6.04 Å². The van der Waals surface area contributed by atoms with E-state index >= 15 is 0 Å². The molecule has 5 heteroatoms. The molecule has 0 spiro atoms. The summed E-state index contributed by atoms with van der Waals surface area (Å²) >= 11 is 11.7. The van der Waals surface area contributed by atoms with Crippen LogP contribution in [0, 0.1) is 0 Å². The van der Waals surface area contributed by atoms with Gasteiger partial charge in [-0.2, -0.15) is 22.2 Å². The van der Waals surface area contributed by atoms with E-state index in [4.69, 9.17) is 22.2 Å². The topological polar surface area (TPSA) is 3.24 Å². The predicted molar refractivity (Wildman–Crippen MR) is 52.9 cm³/mol. The SMILES string of the molecule is Cl[SiH2]N([SiH2]Cl)C1CCCC1. The van der Waals surface area contributed by atoms with Crippen molar-refractivity contribution in [2.75, 3.05) is 0 Å². The number of halogens is 2. The van der Waals surface area contributed by atoms with E-state index < -0.39 is 18.0 Å². The summed E-state index contributed by atoms with van der Waals surface area (Å²) in [6, 6.07) is 0.785. The van der Waals surface area contributed by atoms with Crippen LogP contribution in [0.2, 0.25) is 0 Å². The van der Waals surface area contributed by atoms with Crippen molar-refractivity contribution in [3.8, 4) is 0 Å². The molecule has 0 atom stereocenters. The molecular formula is C5H13Cl2NSi2. The normalized spacial score (nSPS) is 23.1. The molecule has 0 heterocycles. The highest BCUT2D eigenvalue weighted by atomic mass is 35.6. The lowest BCUT2D eigenvalue weighted by Crippen LogP contribution is -2.35. The van der Waals surface area contributed by atoms with E-state index in [-0.39, 0.29) is 0 Å². The van der Waals surface area contributed by atoms with Gasteiger partial charge in [-0.3, -0.25) is 0 Å². The van der Waals surface area contributed by atoms with Gasteiger partial charge in [-0.1, -0.05) is 12.8 Å². The summed E-state index contributed by atoms with van der Waals surface area (Å²) in [5.41, 5.74) is 0. The zero-order chi connectivity index (χ0) is 7.40. The Balaban J connectivity index is 2.29. The van der Waals surface area contributed by atoms with Gasteiger partial charge in [-0.05, 0) is 18.9 Å². The third-order valence-electron chi connectivity index (χ3n) is 2.15. The Bertz CT molecular complexity index is 93.6. The van der Waals surface area contributed by atoms with E-state index in [1.54, 1.807) is 0 Å². The van der Waals surface area contributed by atoms with Crippen molar-refractivity contribution in [1.29, 1.82) is 0 Å². The lowest BCUT2D eigenvalue weighted by molar-refractivity contribution is 0.492. The fourth-order valence-electron chi connectivity index (χ4n) is 1.50. The summed E-state index contributed by atoms with van der Waals surface area (Å²) in [6.07, 6.45) is 5.47. The van der Waals surface area contributed by atoms with Gasteiger partial charge in [-0.15, -0.1) is 0 Å². The molecule has 1 fully saturated rings. The third kappa shape index (κ3) is 2.24. The number of nitrogens with zero attached hydrogens (tertiary/aromatic N) is 1. The van der Waals surface area contributed by atoms with E-state index in [2.05, 4.69) is 4.23 Å². The summed E-state index contributed by atoms with van der Waals surface area (Å²) in [5.74, 6) is 0. The van der Waals surface area contributed by atoms with Crippen LogP contribution in [0.5, 0.6) is 0 Å². The van der Waals surface area contributed by atoms with Gasteiger partial charge in [0.15, 0.2) is 18.0 Å². The molecule has 1 rings (SSSR count). The molecule has 0 N–H and O–H groups in total. The molecule has 0 aromatic carbocycles. The fourth-order valence-corrected chi connectivity index (χ4v) is 6.34. The van der Waals surface area contributed by atoms with Crippen LogP contribution in [0.4, 0.5) is 0 Å². The van der Waals surface area contributed by atoms with Crippen LogP contribution in [0.25, 0.3) is 0 Å². The van der Waals surface area contributed by atoms with Crippen molar-refractivity contribution in [3.63, 3.8) is 0 Å². The molecule has 0 bridgehead atoms. The van der Waals surface area contributed by atoms with Crippen LogP contribution in [0.1, 0.15) is 25.7 Å². The quantitative estimate of drug-likeness (QED) is 0.494. The molecule has 10 heavy (non-hydrogen) atoms.